The average molecular weight is 347 g/mol. The van der Waals surface area contributed by atoms with Gasteiger partial charge in [-0.15, -0.1) is 0 Å². The van der Waals surface area contributed by atoms with Crippen LogP contribution in [0.5, 0.6) is 11.5 Å². The van der Waals surface area contributed by atoms with Gasteiger partial charge in [-0.25, -0.2) is 0 Å². The van der Waals surface area contributed by atoms with E-state index in [9.17, 15) is 9.90 Å². The number of benzene rings is 3. The first-order valence-corrected chi connectivity index (χ1v) is 8.48. The molecule has 3 aromatic rings. The van der Waals surface area contributed by atoms with Crippen molar-refractivity contribution in [3.63, 3.8) is 0 Å². The van der Waals surface area contributed by atoms with Gasteiger partial charge in [0.25, 0.3) is 5.91 Å². The highest BCUT2D eigenvalue weighted by Crippen LogP contribution is 2.19. The fourth-order valence-electron chi connectivity index (χ4n) is 2.60. The molecule has 0 radical (unpaired) electrons. The SMILES string of the molecule is CC(NC(=O)c1ccc(OCc2ccccc2)cc1)c1cccc(O)c1. The number of aromatic hydroxyl groups is 1. The molecule has 3 aromatic carbocycles. The molecule has 26 heavy (non-hydrogen) atoms. The number of hydrogen-bond donors (Lipinski definition) is 2. The summed E-state index contributed by atoms with van der Waals surface area (Å²) < 4.78 is 5.73. The molecular formula is C22H21NO3. The zero-order valence-electron chi connectivity index (χ0n) is 14.6. The normalized spacial score (nSPS) is 11.6. The zero-order chi connectivity index (χ0) is 18.4. The number of rotatable bonds is 6. The number of ether oxygens (including phenoxy) is 1. The first-order valence-electron chi connectivity index (χ1n) is 8.48. The molecular weight excluding hydrogens is 326 g/mol. The second-order valence-corrected chi connectivity index (χ2v) is 6.09. The molecule has 0 saturated carbocycles. The summed E-state index contributed by atoms with van der Waals surface area (Å²) in [7, 11) is 0. The van der Waals surface area contributed by atoms with E-state index in [1.165, 1.54) is 0 Å². The van der Waals surface area contributed by atoms with E-state index < -0.39 is 0 Å². The van der Waals surface area contributed by atoms with Crippen molar-refractivity contribution in [2.75, 3.05) is 0 Å². The fraction of sp³-hybridized carbons (Fsp3) is 0.136. The molecule has 0 aliphatic heterocycles. The van der Waals surface area contributed by atoms with E-state index in [4.69, 9.17) is 4.74 Å². The Morgan fingerprint density at radius 1 is 1.00 bits per heavy atom. The monoisotopic (exact) mass is 347 g/mol. The van der Waals surface area contributed by atoms with Crippen LogP contribution in [0.3, 0.4) is 0 Å². The van der Waals surface area contributed by atoms with E-state index in [0.29, 0.717) is 17.9 Å². The summed E-state index contributed by atoms with van der Waals surface area (Å²) in [5.74, 6) is 0.727. The van der Waals surface area contributed by atoms with Crippen LogP contribution < -0.4 is 10.1 Å². The van der Waals surface area contributed by atoms with E-state index in [2.05, 4.69) is 5.32 Å². The number of phenolic OH excluding ortho intramolecular Hbond substituents is 1. The van der Waals surface area contributed by atoms with E-state index in [0.717, 1.165) is 11.1 Å². The lowest BCUT2D eigenvalue weighted by Gasteiger charge is -2.15. The van der Waals surface area contributed by atoms with Crippen molar-refractivity contribution in [1.29, 1.82) is 0 Å². The van der Waals surface area contributed by atoms with Crippen LogP contribution in [0.1, 0.15) is 34.5 Å². The Kier molecular flexibility index (Phi) is 5.54. The Bertz CT molecular complexity index is 860. The molecule has 4 heteroatoms. The average Bonchev–Trinajstić information content (AvgIpc) is 2.67. The van der Waals surface area contributed by atoms with E-state index in [1.54, 1.807) is 42.5 Å². The molecule has 1 atom stereocenters. The summed E-state index contributed by atoms with van der Waals surface area (Å²) >= 11 is 0. The van der Waals surface area contributed by atoms with Gasteiger partial charge in [-0.1, -0.05) is 42.5 Å². The molecule has 0 aromatic heterocycles. The van der Waals surface area contributed by atoms with Crippen molar-refractivity contribution in [2.45, 2.75) is 19.6 Å². The molecule has 132 valence electrons. The van der Waals surface area contributed by atoms with Crippen LogP contribution >= 0.6 is 0 Å². The highest BCUT2D eigenvalue weighted by molar-refractivity contribution is 5.94. The van der Waals surface area contributed by atoms with Gasteiger partial charge in [0.15, 0.2) is 0 Å². The zero-order valence-corrected chi connectivity index (χ0v) is 14.6. The summed E-state index contributed by atoms with van der Waals surface area (Å²) in [5, 5.41) is 12.5. The van der Waals surface area contributed by atoms with Gasteiger partial charge in [0.05, 0.1) is 6.04 Å². The van der Waals surface area contributed by atoms with Crippen LogP contribution in [0.15, 0.2) is 78.9 Å². The number of carbonyl (C=O) groups excluding carboxylic acids is 1. The third kappa shape index (κ3) is 4.63. The van der Waals surface area contributed by atoms with Crippen LogP contribution in [-0.4, -0.2) is 11.0 Å². The van der Waals surface area contributed by atoms with Crippen LogP contribution in [-0.2, 0) is 6.61 Å². The molecule has 0 aliphatic carbocycles. The molecule has 2 N–H and O–H groups in total. The maximum absolute atomic E-state index is 12.4. The van der Waals surface area contributed by atoms with Gasteiger partial charge in [0.1, 0.15) is 18.1 Å². The lowest BCUT2D eigenvalue weighted by molar-refractivity contribution is 0.0939. The van der Waals surface area contributed by atoms with E-state index >= 15 is 0 Å². The van der Waals surface area contributed by atoms with Gasteiger partial charge < -0.3 is 15.2 Å². The molecule has 0 bridgehead atoms. The number of nitrogens with one attached hydrogen (secondary N) is 1. The number of phenols is 1. The Morgan fingerprint density at radius 3 is 2.42 bits per heavy atom. The second-order valence-electron chi connectivity index (χ2n) is 6.09. The summed E-state index contributed by atoms with van der Waals surface area (Å²) in [4.78, 5) is 12.4. The van der Waals surface area contributed by atoms with Crippen molar-refractivity contribution >= 4 is 5.91 Å². The summed E-state index contributed by atoms with van der Waals surface area (Å²) in [6.07, 6.45) is 0. The molecule has 0 fully saturated rings. The third-order valence-electron chi connectivity index (χ3n) is 4.08. The minimum Gasteiger partial charge on any atom is -0.508 e. The molecule has 4 nitrogen and oxygen atoms in total. The number of hydrogen-bond acceptors (Lipinski definition) is 3. The lowest BCUT2D eigenvalue weighted by atomic mass is 10.1. The second kappa shape index (κ2) is 8.21. The predicted molar refractivity (Wildman–Crippen MR) is 101 cm³/mol. The minimum absolute atomic E-state index is 0.171. The van der Waals surface area contributed by atoms with E-state index in [1.807, 2.05) is 43.3 Å². The highest BCUT2D eigenvalue weighted by atomic mass is 16.5. The fourth-order valence-corrected chi connectivity index (χ4v) is 2.60. The van der Waals surface area contributed by atoms with Crippen molar-refractivity contribution in [2.24, 2.45) is 0 Å². The predicted octanol–water partition coefficient (Wildman–Crippen LogP) is 4.46. The molecule has 0 saturated heterocycles. The van der Waals surface area contributed by atoms with Crippen LogP contribution in [0.25, 0.3) is 0 Å². The standard InChI is InChI=1S/C22H21NO3/c1-16(19-8-5-9-20(24)14-19)23-22(25)18-10-12-21(13-11-18)26-15-17-6-3-2-4-7-17/h2-14,16,24H,15H2,1H3,(H,23,25). The molecule has 0 aliphatic rings. The van der Waals surface area contributed by atoms with Gasteiger partial charge in [-0.3, -0.25) is 4.79 Å². The molecule has 0 heterocycles. The summed E-state index contributed by atoms with van der Waals surface area (Å²) in [5.41, 5.74) is 2.50. The lowest BCUT2D eigenvalue weighted by Crippen LogP contribution is -2.26. The largest absolute Gasteiger partial charge is 0.508 e. The molecule has 0 spiro atoms. The maximum Gasteiger partial charge on any atom is 0.251 e. The smallest absolute Gasteiger partial charge is 0.251 e. The van der Waals surface area contributed by atoms with Crippen molar-refractivity contribution in [1.82, 2.24) is 5.32 Å². The van der Waals surface area contributed by atoms with Crippen LogP contribution in [0, 0.1) is 0 Å². The third-order valence-corrected chi connectivity index (χ3v) is 4.08. The van der Waals surface area contributed by atoms with Crippen LogP contribution in [0.2, 0.25) is 0 Å². The summed E-state index contributed by atoms with van der Waals surface area (Å²) in [6, 6.07) is 23.6. The van der Waals surface area contributed by atoms with Gasteiger partial charge >= 0.3 is 0 Å². The maximum atomic E-state index is 12.4. The van der Waals surface area contributed by atoms with Gasteiger partial charge in [0.2, 0.25) is 0 Å². The highest BCUT2D eigenvalue weighted by Gasteiger charge is 2.12. The van der Waals surface area contributed by atoms with Crippen molar-refractivity contribution in [3.05, 3.63) is 95.6 Å². The van der Waals surface area contributed by atoms with E-state index in [-0.39, 0.29) is 17.7 Å². The van der Waals surface area contributed by atoms with Gasteiger partial charge in [-0.05, 0) is 54.4 Å². The topological polar surface area (TPSA) is 58.6 Å². The van der Waals surface area contributed by atoms with Gasteiger partial charge in [-0.2, -0.15) is 0 Å². The number of carbonyl (C=O) groups is 1. The molecule has 1 amide bonds. The first kappa shape index (κ1) is 17.5. The Morgan fingerprint density at radius 2 is 1.73 bits per heavy atom. The summed E-state index contributed by atoms with van der Waals surface area (Å²) in [6.45, 7) is 2.37. The first-order chi connectivity index (χ1) is 12.6. The van der Waals surface area contributed by atoms with Crippen molar-refractivity contribution in [3.8, 4) is 11.5 Å². The molecule has 1 unspecified atom stereocenters. The van der Waals surface area contributed by atoms with Crippen LogP contribution in [0.4, 0.5) is 0 Å². The quantitative estimate of drug-likeness (QED) is 0.692. The Hall–Kier alpha value is -3.27. The van der Waals surface area contributed by atoms with Crippen molar-refractivity contribution < 1.29 is 14.6 Å². The number of amides is 1. The Balaban J connectivity index is 1.58. The minimum atomic E-state index is -0.205. The molecule has 3 rings (SSSR count). The van der Waals surface area contributed by atoms with Gasteiger partial charge in [0, 0.05) is 5.56 Å². The Labute approximate surface area is 153 Å².